The Morgan fingerprint density at radius 2 is 1.92 bits per heavy atom. The highest BCUT2D eigenvalue weighted by Gasteiger charge is 2.12. The van der Waals surface area contributed by atoms with Crippen LogP contribution >= 0.6 is 0 Å². The third kappa shape index (κ3) is 4.71. The molecule has 2 rings (SSSR count). The molecule has 0 saturated heterocycles. The Balaban J connectivity index is 2.17. The van der Waals surface area contributed by atoms with Crippen molar-refractivity contribution in [2.75, 3.05) is 13.2 Å². The minimum atomic E-state index is -0.746. The SMILES string of the molecule is C=CCOC(=O)/C(C#N)=C/c1ccc(-c2ccc(C(=O)OCC)cc2)o1. The largest absolute Gasteiger partial charge is 0.462 e. The number of nitrogens with zero attached hydrogens (tertiary/aromatic N) is 1. The molecular weight excluding hydrogens is 334 g/mol. The van der Waals surface area contributed by atoms with Crippen LogP contribution in [0, 0.1) is 11.3 Å². The zero-order valence-electron chi connectivity index (χ0n) is 14.2. The fourth-order valence-corrected chi connectivity index (χ4v) is 2.06. The molecule has 1 heterocycles. The monoisotopic (exact) mass is 351 g/mol. The van der Waals surface area contributed by atoms with Crippen molar-refractivity contribution in [2.24, 2.45) is 0 Å². The summed E-state index contributed by atoms with van der Waals surface area (Å²) in [6, 6.07) is 11.8. The Morgan fingerprint density at radius 3 is 2.54 bits per heavy atom. The van der Waals surface area contributed by atoms with Gasteiger partial charge in [-0.3, -0.25) is 0 Å². The fraction of sp³-hybridized carbons (Fsp3) is 0.150. The number of esters is 2. The summed E-state index contributed by atoms with van der Waals surface area (Å²) in [7, 11) is 0. The van der Waals surface area contributed by atoms with Crippen LogP contribution in [0.2, 0.25) is 0 Å². The fourth-order valence-electron chi connectivity index (χ4n) is 2.06. The van der Waals surface area contributed by atoms with Gasteiger partial charge in [-0.2, -0.15) is 5.26 Å². The summed E-state index contributed by atoms with van der Waals surface area (Å²) in [5.41, 5.74) is 1.01. The highest BCUT2D eigenvalue weighted by Crippen LogP contribution is 2.24. The van der Waals surface area contributed by atoms with Gasteiger partial charge in [0.1, 0.15) is 29.8 Å². The number of benzene rings is 1. The van der Waals surface area contributed by atoms with E-state index in [9.17, 15) is 9.59 Å². The molecule has 0 atom stereocenters. The Labute approximate surface area is 150 Å². The maximum atomic E-state index is 11.7. The molecule has 0 aliphatic heterocycles. The average Bonchev–Trinajstić information content (AvgIpc) is 3.13. The van der Waals surface area contributed by atoms with Crippen molar-refractivity contribution < 1.29 is 23.5 Å². The van der Waals surface area contributed by atoms with Crippen molar-refractivity contribution in [3.8, 4) is 17.4 Å². The first-order chi connectivity index (χ1) is 12.6. The van der Waals surface area contributed by atoms with Gasteiger partial charge in [-0.25, -0.2) is 9.59 Å². The van der Waals surface area contributed by atoms with Gasteiger partial charge in [0.2, 0.25) is 0 Å². The number of nitriles is 1. The van der Waals surface area contributed by atoms with E-state index in [4.69, 9.17) is 19.2 Å². The van der Waals surface area contributed by atoms with E-state index >= 15 is 0 Å². The Hall–Kier alpha value is -3.59. The molecular formula is C20H17NO5. The van der Waals surface area contributed by atoms with Gasteiger partial charge in [0.05, 0.1) is 12.2 Å². The second-order valence-electron chi connectivity index (χ2n) is 5.06. The maximum Gasteiger partial charge on any atom is 0.349 e. The highest BCUT2D eigenvalue weighted by atomic mass is 16.5. The van der Waals surface area contributed by atoms with Crippen LogP contribution in [0.4, 0.5) is 0 Å². The van der Waals surface area contributed by atoms with E-state index in [1.165, 1.54) is 12.2 Å². The molecule has 0 radical (unpaired) electrons. The molecule has 2 aromatic rings. The van der Waals surface area contributed by atoms with Crippen LogP contribution in [0.15, 0.2) is 59.0 Å². The Bertz CT molecular complexity index is 868. The lowest BCUT2D eigenvalue weighted by atomic mass is 10.1. The normalized spacial score (nSPS) is 10.7. The lowest BCUT2D eigenvalue weighted by Gasteiger charge is -2.02. The molecule has 1 aromatic carbocycles. The molecule has 26 heavy (non-hydrogen) atoms. The van der Waals surface area contributed by atoms with Gasteiger partial charge in [0.25, 0.3) is 0 Å². The molecule has 0 saturated carbocycles. The summed E-state index contributed by atoms with van der Waals surface area (Å²) in [6.07, 6.45) is 2.72. The van der Waals surface area contributed by atoms with Crippen LogP contribution in [-0.4, -0.2) is 25.2 Å². The molecule has 0 bridgehead atoms. The van der Waals surface area contributed by atoms with Crippen LogP contribution in [0.25, 0.3) is 17.4 Å². The summed E-state index contributed by atoms with van der Waals surface area (Å²) >= 11 is 0. The van der Waals surface area contributed by atoms with Crippen molar-refractivity contribution >= 4 is 18.0 Å². The quantitative estimate of drug-likeness (QED) is 0.326. The minimum absolute atomic E-state index is 0.0219. The molecule has 0 amide bonds. The van der Waals surface area contributed by atoms with Crippen molar-refractivity contribution in [3.05, 3.63) is 65.9 Å². The summed E-state index contributed by atoms with van der Waals surface area (Å²) in [4.78, 5) is 23.4. The second-order valence-corrected chi connectivity index (χ2v) is 5.06. The van der Waals surface area contributed by atoms with E-state index in [0.29, 0.717) is 23.7 Å². The Morgan fingerprint density at radius 1 is 1.19 bits per heavy atom. The smallest absolute Gasteiger partial charge is 0.349 e. The maximum absolute atomic E-state index is 11.7. The van der Waals surface area contributed by atoms with Crippen LogP contribution in [-0.2, 0) is 14.3 Å². The number of carbonyl (C=O) groups is 2. The van der Waals surface area contributed by atoms with E-state index in [-0.39, 0.29) is 18.1 Å². The average molecular weight is 351 g/mol. The number of rotatable bonds is 7. The van der Waals surface area contributed by atoms with Crippen molar-refractivity contribution in [3.63, 3.8) is 0 Å². The third-order valence-electron chi connectivity index (χ3n) is 3.27. The third-order valence-corrected chi connectivity index (χ3v) is 3.27. The lowest BCUT2D eigenvalue weighted by Crippen LogP contribution is -2.06. The van der Waals surface area contributed by atoms with Gasteiger partial charge in [-0.1, -0.05) is 24.8 Å². The van der Waals surface area contributed by atoms with Crippen molar-refractivity contribution in [1.29, 1.82) is 5.26 Å². The first kappa shape index (κ1) is 18.7. The molecule has 0 N–H and O–H groups in total. The topological polar surface area (TPSA) is 89.5 Å². The summed E-state index contributed by atoms with van der Waals surface area (Å²) in [6.45, 7) is 5.51. The molecule has 0 aliphatic rings. The Kier molecular flexibility index (Phi) is 6.52. The van der Waals surface area contributed by atoms with Gasteiger partial charge in [-0.05, 0) is 31.2 Å². The first-order valence-electron chi connectivity index (χ1n) is 7.86. The van der Waals surface area contributed by atoms with E-state index in [1.54, 1.807) is 49.4 Å². The van der Waals surface area contributed by atoms with Crippen LogP contribution in [0.1, 0.15) is 23.0 Å². The second kappa shape index (κ2) is 9.04. The van der Waals surface area contributed by atoms with E-state index in [2.05, 4.69) is 6.58 Å². The zero-order chi connectivity index (χ0) is 18.9. The zero-order valence-corrected chi connectivity index (χ0v) is 14.2. The molecule has 0 fully saturated rings. The molecule has 0 spiro atoms. The summed E-state index contributed by atoms with van der Waals surface area (Å²) in [5.74, 6) is -0.270. The number of carbonyl (C=O) groups excluding carboxylic acids is 2. The lowest BCUT2D eigenvalue weighted by molar-refractivity contribution is -0.137. The van der Waals surface area contributed by atoms with Gasteiger partial charge in [0.15, 0.2) is 0 Å². The molecule has 6 heteroatoms. The van der Waals surface area contributed by atoms with Gasteiger partial charge >= 0.3 is 11.9 Å². The number of hydrogen-bond acceptors (Lipinski definition) is 6. The number of ether oxygens (including phenoxy) is 2. The highest BCUT2D eigenvalue weighted by molar-refractivity contribution is 5.97. The molecule has 6 nitrogen and oxygen atoms in total. The summed E-state index contributed by atoms with van der Waals surface area (Å²) < 4.78 is 15.4. The van der Waals surface area contributed by atoms with Crippen LogP contribution in [0.3, 0.4) is 0 Å². The molecule has 0 unspecified atom stereocenters. The number of hydrogen-bond donors (Lipinski definition) is 0. The van der Waals surface area contributed by atoms with Gasteiger partial charge < -0.3 is 13.9 Å². The molecule has 0 aliphatic carbocycles. The minimum Gasteiger partial charge on any atom is -0.462 e. The van der Waals surface area contributed by atoms with E-state index < -0.39 is 5.97 Å². The first-order valence-corrected chi connectivity index (χ1v) is 7.86. The number of furan rings is 1. The van der Waals surface area contributed by atoms with Gasteiger partial charge in [0, 0.05) is 11.6 Å². The predicted molar refractivity (Wildman–Crippen MR) is 94.8 cm³/mol. The van der Waals surface area contributed by atoms with Crippen LogP contribution < -0.4 is 0 Å². The standard InChI is InChI=1S/C20H17NO5/c1-3-11-25-20(23)16(13-21)12-17-9-10-18(26-17)14-5-7-15(8-6-14)19(22)24-4-2/h3,5-10,12H,1,4,11H2,2H3/b16-12+. The molecule has 132 valence electrons. The predicted octanol–water partition coefficient (Wildman–Crippen LogP) is 3.76. The van der Waals surface area contributed by atoms with Crippen molar-refractivity contribution in [1.82, 2.24) is 0 Å². The van der Waals surface area contributed by atoms with Gasteiger partial charge in [-0.15, -0.1) is 0 Å². The van der Waals surface area contributed by atoms with Crippen LogP contribution in [0.5, 0.6) is 0 Å². The van der Waals surface area contributed by atoms with E-state index in [0.717, 1.165) is 5.56 Å². The molecule has 1 aromatic heterocycles. The van der Waals surface area contributed by atoms with Crippen molar-refractivity contribution in [2.45, 2.75) is 6.92 Å². The van der Waals surface area contributed by atoms with E-state index in [1.807, 2.05) is 0 Å². The summed E-state index contributed by atoms with van der Waals surface area (Å²) in [5, 5.41) is 9.08.